The van der Waals surface area contributed by atoms with Crippen molar-refractivity contribution in [2.45, 2.75) is 31.1 Å². The van der Waals surface area contributed by atoms with Gasteiger partial charge in [0.1, 0.15) is 11.5 Å². The van der Waals surface area contributed by atoms with E-state index in [1.165, 1.54) is 41.2 Å². The van der Waals surface area contributed by atoms with Gasteiger partial charge in [-0.25, -0.2) is 0 Å². The standard InChI is InChI=1S/C19H20O2/c1-20-18-12-5-3-4-6-13(12)19(21-2)17-15-11-8-7-10(9-11)14(15)16(17)18/h3-6,10-11,14-15H,7-9H2,1-2H3/t10-,11+,14+,15-. The summed E-state index contributed by atoms with van der Waals surface area (Å²) in [7, 11) is 3.63. The Kier molecular flexibility index (Phi) is 2.23. The van der Waals surface area contributed by atoms with E-state index in [1.807, 2.05) is 14.2 Å². The Morgan fingerprint density at radius 3 is 1.71 bits per heavy atom. The van der Waals surface area contributed by atoms with Crippen LogP contribution >= 0.6 is 0 Å². The van der Waals surface area contributed by atoms with Gasteiger partial charge in [0.15, 0.2) is 0 Å². The van der Waals surface area contributed by atoms with Gasteiger partial charge in [0.05, 0.1) is 14.2 Å². The van der Waals surface area contributed by atoms with Gasteiger partial charge in [0, 0.05) is 21.9 Å². The third-order valence-electron chi connectivity index (χ3n) is 6.19. The zero-order valence-corrected chi connectivity index (χ0v) is 12.6. The molecular formula is C19H20O2. The lowest BCUT2D eigenvalue weighted by atomic mass is 9.60. The molecule has 2 heteroatoms. The molecule has 0 heterocycles. The smallest absolute Gasteiger partial charge is 0.130 e. The Morgan fingerprint density at radius 2 is 1.29 bits per heavy atom. The quantitative estimate of drug-likeness (QED) is 0.808. The van der Waals surface area contributed by atoms with Crippen molar-refractivity contribution in [2.75, 3.05) is 14.2 Å². The van der Waals surface area contributed by atoms with Crippen molar-refractivity contribution in [1.29, 1.82) is 0 Å². The Morgan fingerprint density at radius 1 is 0.810 bits per heavy atom. The van der Waals surface area contributed by atoms with Crippen LogP contribution in [0.15, 0.2) is 24.3 Å². The fourth-order valence-corrected chi connectivity index (χ4v) is 5.54. The highest BCUT2D eigenvalue weighted by Gasteiger charge is 2.58. The molecule has 0 saturated heterocycles. The molecule has 2 nitrogen and oxygen atoms in total. The van der Waals surface area contributed by atoms with Gasteiger partial charge in [-0.05, 0) is 42.9 Å². The Hall–Kier alpha value is -1.70. The molecule has 5 rings (SSSR count). The minimum atomic E-state index is 0.729. The molecule has 2 bridgehead atoms. The Bertz CT molecular complexity index is 686. The molecule has 2 saturated carbocycles. The predicted octanol–water partition coefficient (Wildman–Crippen LogP) is 4.47. The van der Waals surface area contributed by atoms with Crippen molar-refractivity contribution < 1.29 is 9.47 Å². The maximum Gasteiger partial charge on any atom is 0.130 e. The van der Waals surface area contributed by atoms with Crippen LogP contribution in [0.25, 0.3) is 10.8 Å². The van der Waals surface area contributed by atoms with Crippen LogP contribution < -0.4 is 9.47 Å². The number of rotatable bonds is 2. The second-order valence-corrected chi connectivity index (χ2v) is 6.82. The lowest BCUT2D eigenvalue weighted by molar-refractivity contribution is 0.292. The number of benzene rings is 2. The molecule has 0 unspecified atom stereocenters. The SMILES string of the molecule is COc1c2c(c(OC)c3ccccc13)[C@H]1[C@@H]3CC[C@@H](C3)[C@@H]21. The second-order valence-electron chi connectivity index (χ2n) is 6.82. The second kappa shape index (κ2) is 3.94. The van der Waals surface area contributed by atoms with Crippen molar-refractivity contribution in [1.82, 2.24) is 0 Å². The highest BCUT2D eigenvalue weighted by Crippen LogP contribution is 2.72. The lowest BCUT2D eigenvalue weighted by Crippen LogP contribution is -2.31. The van der Waals surface area contributed by atoms with E-state index in [-0.39, 0.29) is 0 Å². The molecule has 0 N–H and O–H groups in total. The van der Waals surface area contributed by atoms with E-state index in [1.54, 1.807) is 0 Å². The maximum atomic E-state index is 5.85. The summed E-state index contributed by atoms with van der Waals surface area (Å²) in [6.07, 6.45) is 4.22. The van der Waals surface area contributed by atoms with Crippen molar-refractivity contribution in [3.63, 3.8) is 0 Å². The lowest BCUT2D eigenvalue weighted by Gasteiger charge is -2.44. The zero-order chi connectivity index (χ0) is 14.1. The van der Waals surface area contributed by atoms with Gasteiger partial charge < -0.3 is 9.47 Å². The molecule has 21 heavy (non-hydrogen) atoms. The molecule has 4 atom stereocenters. The number of hydrogen-bond donors (Lipinski definition) is 0. The summed E-state index contributed by atoms with van der Waals surface area (Å²) in [5.41, 5.74) is 2.93. The maximum absolute atomic E-state index is 5.85. The minimum Gasteiger partial charge on any atom is -0.496 e. The first kappa shape index (κ1) is 11.9. The van der Waals surface area contributed by atoms with Crippen LogP contribution in [0.5, 0.6) is 11.5 Å². The molecular weight excluding hydrogens is 260 g/mol. The van der Waals surface area contributed by atoms with Gasteiger partial charge in [-0.2, -0.15) is 0 Å². The highest BCUT2D eigenvalue weighted by molar-refractivity contribution is 5.98. The van der Waals surface area contributed by atoms with Crippen molar-refractivity contribution in [3.8, 4) is 11.5 Å². The van der Waals surface area contributed by atoms with Crippen molar-refractivity contribution >= 4 is 10.8 Å². The molecule has 0 radical (unpaired) electrons. The van der Waals surface area contributed by atoms with E-state index in [0.717, 1.165) is 35.2 Å². The third kappa shape index (κ3) is 1.25. The average molecular weight is 280 g/mol. The topological polar surface area (TPSA) is 18.5 Å². The number of ether oxygens (including phenoxy) is 2. The van der Waals surface area contributed by atoms with E-state index in [2.05, 4.69) is 24.3 Å². The minimum absolute atomic E-state index is 0.729. The molecule has 108 valence electrons. The first-order valence-corrected chi connectivity index (χ1v) is 8.01. The monoisotopic (exact) mass is 280 g/mol. The molecule has 2 fully saturated rings. The summed E-state index contributed by atoms with van der Waals surface area (Å²) in [4.78, 5) is 0. The van der Waals surface area contributed by atoms with E-state index >= 15 is 0 Å². The van der Waals surface area contributed by atoms with E-state index in [0.29, 0.717) is 0 Å². The fraction of sp³-hybridized carbons (Fsp3) is 0.474. The molecule has 3 aliphatic carbocycles. The molecule has 0 aliphatic heterocycles. The molecule has 2 aromatic carbocycles. The van der Waals surface area contributed by atoms with Crippen molar-refractivity contribution in [2.24, 2.45) is 11.8 Å². The summed E-state index contributed by atoms with van der Waals surface area (Å²) < 4.78 is 11.7. The largest absolute Gasteiger partial charge is 0.496 e. The Labute approximate surface area is 125 Å². The molecule has 0 spiro atoms. The average Bonchev–Trinajstić information content (AvgIpc) is 3.08. The normalized spacial score (nSPS) is 31.7. The van der Waals surface area contributed by atoms with Crippen LogP contribution in [0.3, 0.4) is 0 Å². The van der Waals surface area contributed by atoms with E-state index < -0.39 is 0 Å². The third-order valence-corrected chi connectivity index (χ3v) is 6.19. The highest BCUT2D eigenvalue weighted by atomic mass is 16.5. The first-order chi connectivity index (χ1) is 10.3. The van der Waals surface area contributed by atoms with Crippen LogP contribution in [0.4, 0.5) is 0 Å². The van der Waals surface area contributed by atoms with Gasteiger partial charge in [0.2, 0.25) is 0 Å². The molecule has 0 aromatic heterocycles. The van der Waals surface area contributed by atoms with Crippen LogP contribution in [0.1, 0.15) is 42.2 Å². The summed E-state index contributed by atoms with van der Waals surface area (Å²) in [6, 6.07) is 8.51. The summed E-state index contributed by atoms with van der Waals surface area (Å²) >= 11 is 0. The van der Waals surface area contributed by atoms with Gasteiger partial charge >= 0.3 is 0 Å². The van der Waals surface area contributed by atoms with Crippen LogP contribution in [0.2, 0.25) is 0 Å². The van der Waals surface area contributed by atoms with Gasteiger partial charge in [0.25, 0.3) is 0 Å². The fourth-order valence-electron chi connectivity index (χ4n) is 5.54. The Balaban J connectivity index is 1.87. The number of methoxy groups -OCH3 is 2. The predicted molar refractivity (Wildman–Crippen MR) is 83.4 cm³/mol. The van der Waals surface area contributed by atoms with Gasteiger partial charge in [-0.3, -0.25) is 0 Å². The van der Waals surface area contributed by atoms with Crippen LogP contribution in [0, 0.1) is 11.8 Å². The molecule has 2 aromatic rings. The first-order valence-electron chi connectivity index (χ1n) is 8.01. The van der Waals surface area contributed by atoms with Crippen LogP contribution in [-0.2, 0) is 0 Å². The van der Waals surface area contributed by atoms with E-state index in [9.17, 15) is 0 Å². The molecule has 3 aliphatic rings. The number of hydrogen-bond acceptors (Lipinski definition) is 2. The van der Waals surface area contributed by atoms with Gasteiger partial charge in [-0.15, -0.1) is 0 Å². The summed E-state index contributed by atoms with van der Waals surface area (Å²) in [5, 5.41) is 2.41. The zero-order valence-electron chi connectivity index (χ0n) is 12.6. The summed E-state index contributed by atoms with van der Waals surface area (Å²) in [6.45, 7) is 0. The summed E-state index contributed by atoms with van der Waals surface area (Å²) in [5.74, 6) is 5.43. The molecule has 0 amide bonds. The van der Waals surface area contributed by atoms with E-state index in [4.69, 9.17) is 9.47 Å². The van der Waals surface area contributed by atoms with Gasteiger partial charge in [-0.1, -0.05) is 24.3 Å². The van der Waals surface area contributed by atoms with Crippen molar-refractivity contribution in [3.05, 3.63) is 35.4 Å². The van der Waals surface area contributed by atoms with Crippen LogP contribution in [-0.4, -0.2) is 14.2 Å². The number of fused-ring (bicyclic) bond motifs is 9.